The molecular formula is C16H19F2N3O2. The summed E-state index contributed by atoms with van der Waals surface area (Å²) in [5.74, 6) is 0.771. The summed E-state index contributed by atoms with van der Waals surface area (Å²) >= 11 is 0. The van der Waals surface area contributed by atoms with E-state index < -0.39 is 6.61 Å². The van der Waals surface area contributed by atoms with Crippen LogP contribution in [0.1, 0.15) is 5.56 Å². The number of pyridine rings is 1. The number of aromatic nitrogens is 1. The van der Waals surface area contributed by atoms with Gasteiger partial charge in [0, 0.05) is 25.7 Å². The summed E-state index contributed by atoms with van der Waals surface area (Å²) < 4.78 is 29.2. The van der Waals surface area contributed by atoms with E-state index in [-0.39, 0.29) is 12.4 Å². The quantitative estimate of drug-likeness (QED) is 0.782. The first-order chi connectivity index (χ1) is 11.1. The summed E-state index contributed by atoms with van der Waals surface area (Å²) in [5, 5.41) is 12.0. The standard InChI is InChI=1S/C16H19F2N3O2/c1-21(8-9-22)13-6-7-15(20-11-13)19-10-12-4-2-3-5-14(12)23-16(17)18/h2-7,11,16,22H,8-10H2,1H3,(H,19,20). The molecular weight excluding hydrogens is 304 g/mol. The lowest BCUT2D eigenvalue weighted by Crippen LogP contribution is -2.21. The van der Waals surface area contributed by atoms with Gasteiger partial charge in [0.1, 0.15) is 11.6 Å². The van der Waals surface area contributed by atoms with Crippen molar-refractivity contribution < 1.29 is 18.6 Å². The summed E-state index contributed by atoms with van der Waals surface area (Å²) in [6.07, 6.45) is 1.68. The first-order valence-corrected chi connectivity index (χ1v) is 7.15. The highest BCUT2D eigenvalue weighted by Crippen LogP contribution is 2.21. The maximum Gasteiger partial charge on any atom is 0.387 e. The molecule has 0 aliphatic heterocycles. The Balaban J connectivity index is 1.98. The van der Waals surface area contributed by atoms with Gasteiger partial charge in [-0.25, -0.2) is 4.98 Å². The summed E-state index contributed by atoms with van der Waals surface area (Å²) in [6.45, 7) is -1.94. The summed E-state index contributed by atoms with van der Waals surface area (Å²) in [4.78, 5) is 6.14. The fraction of sp³-hybridized carbons (Fsp3) is 0.312. The van der Waals surface area contributed by atoms with Crippen molar-refractivity contribution in [3.05, 3.63) is 48.2 Å². The van der Waals surface area contributed by atoms with Crippen LogP contribution in [0.15, 0.2) is 42.6 Å². The van der Waals surface area contributed by atoms with E-state index in [4.69, 9.17) is 5.11 Å². The monoisotopic (exact) mass is 323 g/mol. The molecule has 0 saturated heterocycles. The summed E-state index contributed by atoms with van der Waals surface area (Å²) in [6, 6.07) is 10.3. The Morgan fingerprint density at radius 3 is 2.70 bits per heavy atom. The second-order valence-electron chi connectivity index (χ2n) is 4.89. The number of nitrogens with one attached hydrogen (secondary N) is 1. The van der Waals surface area contributed by atoms with Crippen molar-refractivity contribution in [2.75, 3.05) is 30.4 Å². The molecule has 2 N–H and O–H groups in total. The highest BCUT2D eigenvalue weighted by molar-refractivity contribution is 5.49. The lowest BCUT2D eigenvalue weighted by atomic mass is 10.2. The van der Waals surface area contributed by atoms with E-state index in [9.17, 15) is 8.78 Å². The third-order valence-electron chi connectivity index (χ3n) is 3.27. The zero-order valence-corrected chi connectivity index (χ0v) is 12.7. The number of aliphatic hydroxyl groups excluding tert-OH is 1. The van der Waals surface area contributed by atoms with Crippen molar-refractivity contribution in [1.82, 2.24) is 4.98 Å². The number of ether oxygens (including phenoxy) is 1. The highest BCUT2D eigenvalue weighted by atomic mass is 19.3. The third kappa shape index (κ3) is 5.07. The second-order valence-corrected chi connectivity index (χ2v) is 4.89. The molecule has 0 aliphatic rings. The van der Waals surface area contributed by atoms with E-state index in [0.717, 1.165) is 5.69 Å². The molecule has 5 nitrogen and oxygen atoms in total. The number of aliphatic hydroxyl groups is 1. The van der Waals surface area contributed by atoms with Gasteiger partial charge in [-0.2, -0.15) is 8.78 Å². The molecule has 0 bridgehead atoms. The molecule has 124 valence electrons. The van der Waals surface area contributed by atoms with Crippen molar-refractivity contribution in [3.8, 4) is 5.75 Å². The van der Waals surface area contributed by atoms with Gasteiger partial charge in [0.25, 0.3) is 0 Å². The van der Waals surface area contributed by atoms with Gasteiger partial charge in [0.05, 0.1) is 18.5 Å². The van der Waals surface area contributed by atoms with E-state index in [1.165, 1.54) is 6.07 Å². The summed E-state index contributed by atoms with van der Waals surface area (Å²) in [5.41, 5.74) is 1.50. The number of likely N-dealkylation sites (N-methyl/N-ethyl adjacent to an activating group) is 1. The SMILES string of the molecule is CN(CCO)c1ccc(NCc2ccccc2OC(F)F)nc1. The molecule has 1 aromatic heterocycles. The van der Waals surface area contributed by atoms with Crippen molar-refractivity contribution in [2.24, 2.45) is 0 Å². The Morgan fingerprint density at radius 1 is 1.26 bits per heavy atom. The Hall–Kier alpha value is -2.41. The molecule has 2 aromatic rings. The molecule has 7 heteroatoms. The highest BCUT2D eigenvalue weighted by Gasteiger charge is 2.09. The zero-order chi connectivity index (χ0) is 16.7. The van der Waals surface area contributed by atoms with Gasteiger partial charge in [-0.15, -0.1) is 0 Å². The van der Waals surface area contributed by atoms with Gasteiger partial charge in [-0.1, -0.05) is 18.2 Å². The molecule has 0 saturated carbocycles. The van der Waals surface area contributed by atoms with Crippen LogP contribution in [0.25, 0.3) is 0 Å². The van der Waals surface area contributed by atoms with Crippen LogP contribution < -0.4 is 15.0 Å². The lowest BCUT2D eigenvalue weighted by molar-refractivity contribution is -0.0504. The van der Waals surface area contributed by atoms with Crippen molar-refractivity contribution in [2.45, 2.75) is 13.2 Å². The van der Waals surface area contributed by atoms with E-state index in [0.29, 0.717) is 24.5 Å². The number of anilines is 2. The first-order valence-electron chi connectivity index (χ1n) is 7.15. The van der Waals surface area contributed by atoms with Gasteiger partial charge in [-0.3, -0.25) is 0 Å². The molecule has 23 heavy (non-hydrogen) atoms. The van der Waals surface area contributed by atoms with Crippen LogP contribution in [0, 0.1) is 0 Å². The smallest absolute Gasteiger partial charge is 0.387 e. The first kappa shape index (κ1) is 17.0. The van der Waals surface area contributed by atoms with E-state index >= 15 is 0 Å². The van der Waals surface area contributed by atoms with Crippen LogP contribution in [0.3, 0.4) is 0 Å². The number of nitrogens with zero attached hydrogens (tertiary/aromatic N) is 2. The van der Waals surface area contributed by atoms with Gasteiger partial charge in [0.2, 0.25) is 0 Å². The Morgan fingerprint density at radius 2 is 2.04 bits per heavy atom. The number of alkyl halides is 2. The predicted octanol–water partition coefficient (Wildman–Crippen LogP) is 2.72. The second kappa shape index (κ2) is 8.28. The summed E-state index contributed by atoms with van der Waals surface area (Å²) in [7, 11) is 1.86. The fourth-order valence-corrected chi connectivity index (χ4v) is 2.04. The molecule has 0 amide bonds. The van der Waals surface area contributed by atoms with Crippen LogP contribution >= 0.6 is 0 Å². The number of hydrogen-bond donors (Lipinski definition) is 2. The minimum Gasteiger partial charge on any atom is -0.434 e. The maximum atomic E-state index is 12.4. The van der Waals surface area contributed by atoms with E-state index in [1.807, 2.05) is 18.0 Å². The molecule has 0 unspecified atom stereocenters. The number of halogens is 2. The number of para-hydroxylation sites is 1. The molecule has 0 radical (unpaired) electrons. The molecule has 0 fully saturated rings. The minimum absolute atomic E-state index is 0.0669. The topological polar surface area (TPSA) is 57.6 Å². The molecule has 1 heterocycles. The van der Waals surface area contributed by atoms with Crippen LogP contribution in [-0.4, -0.2) is 36.9 Å². The van der Waals surface area contributed by atoms with Gasteiger partial charge < -0.3 is 20.1 Å². The van der Waals surface area contributed by atoms with Gasteiger partial charge in [-0.05, 0) is 18.2 Å². The lowest BCUT2D eigenvalue weighted by Gasteiger charge is -2.17. The molecule has 0 aliphatic carbocycles. The number of rotatable bonds is 8. The van der Waals surface area contributed by atoms with Crippen molar-refractivity contribution in [1.29, 1.82) is 0 Å². The average Bonchev–Trinajstić information content (AvgIpc) is 2.54. The van der Waals surface area contributed by atoms with Gasteiger partial charge >= 0.3 is 6.61 Å². The van der Waals surface area contributed by atoms with Crippen LogP contribution in [0.2, 0.25) is 0 Å². The zero-order valence-electron chi connectivity index (χ0n) is 12.7. The number of benzene rings is 1. The van der Waals surface area contributed by atoms with Crippen molar-refractivity contribution in [3.63, 3.8) is 0 Å². The van der Waals surface area contributed by atoms with Crippen LogP contribution in [0.5, 0.6) is 5.75 Å². The average molecular weight is 323 g/mol. The molecule has 2 rings (SSSR count). The Labute approximate surface area is 133 Å². The van der Waals surface area contributed by atoms with Gasteiger partial charge in [0.15, 0.2) is 0 Å². The molecule has 1 aromatic carbocycles. The predicted molar refractivity (Wildman–Crippen MR) is 85.0 cm³/mol. The fourth-order valence-electron chi connectivity index (χ4n) is 2.04. The molecule has 0 atom stereocenters. The Kier molecular flexibility index (Phi) is 6.10. The van der Waals surface area contributed by atoms with Crippen LogP contribution in [-0.2, 0) is 6.54 Å². The van der Waals surface area contributed by atoms with Crippen LogP contribution in [0.4, 0.5) is 20.3 Å². The van der Waals surface area contributed by atoms with Crippen molar-refractivity contribution >= 4 is 11.5 Å². The maximum absolute atomic E-state index is 12.4. The van der Waals surface area contributed by atoms with E-state index in [2.05, 4.69) is 15.0 Å². The normalized spacial score (nSPS) is 10.7. The largest absolute Gasteiger partial charge is 0.434 e. The van der Waals surface area contributed by atoms with E-state index in [1.54, 1.807) is 30.5 Å². The third-order valence-corrected chi connectivity index (χ3v) is 3.27. The number of hydrogen-bond acceptors (Lipinski definition) is 5. The Bertz CT molecular complexity index is 609. The molecule has 0 spiro atoms. The minimum atomic E-state index is -2.85.